The molecule has 0 aromatic heterocycles. The van der Waals surface area contributed by atoms with Gasteiger partial charge in [-0.2, -0.15) is 13.2 Å². The Bertz CT molecular complexity index is 732. The Morgan fingerprint density at radius 1 is 1.17 bits per heavy atom. The number of alkyl halides is 3. The van der Waals surface area contributed by atoms with Gasteiger partial charge >= 0.3 is 6.18 Å². The molecule has 0 saturated carbocycles. The van der Waals surface area contributed by atoms with Crippen LogP contribution in [0.25, 0.3) is 0 Å². The second-order valence-corrected chi connectivity index (χ2v) is 6.13. The zero-order chi connectivity index (χ0) is 17.7. The molecule has 7 heteroatoms. The van der Waals surface area contributed by atoms with Gasteiger partial charge in [-0.15, -0.1) is 0 Å². The molecule has 0 saturated heterocycles. The van der Waals surface area contributed by atoms with Crippen LogP contribution >= 0.6 is 23.8 Å². The highest BCUT2D eigenvalue weighted by Gasteiger charge is 2.30. The first kappa shape index (κ1) is 18.5. The summed E-state index contributed by atoms with van der Waals surface area (Å²) >= 11 is 11.3. The third kappa shape index (κ3) is 5.39. The van der Waals surface area contributed by atoms with E-state index in [4.69, 9.17) is 23.8 Å². The highest BCUT2D eigenvalue weighted by atomic mass is 35.5. The minimum absolute atomic E-state index is 0.368. The number of aryl methyl sites for hydroxylation is 1. The Hall–Kier alpha value is -1.79. The summed E-state index contributed by atoms with van der Waals surface area (Å²) in [7, 11) is 0. The van der Waals surface area contributed by atoms with E-state index in [1.165, 1.54) is 6.07 Å². The number of hydrogen-bond acceptors (Lipinski definition) is 1. The molecule has 0 spiro atoms. The van der Waals surface area contributed by atoms with Crippen molar-refractivity contribution < 1.29 is 13.2 Å². The predicted molar refractivity (Wildman–Crippen MR) is 95.6 cm³/mol. The van der Waals surface area contributed by atoms with Gasteiger partial charge in [-0.3, -0.25) is 0 Å². The molecule has 2 rings (SSSR count). The van der Waals surface area contributed by atoms with E-state index in [0.29, 0.717) is 34.4 Å². The molecule has 2 aromatic rings. The largest absolute Gasteiger partial charge is 0.416 e. The number of hydrogen-bond donors (Lipinski definition) is 2. The standard InChI is InChI=1S/C17H16ClF3N2S/c1-11-5-6-15(14(18)9-11)23-16(24)22-8-7-12-3-2-4-13(10-12)17(19,20)21/h2-6,9-10H,7-8H2,1H3,(H2,22,23,24). The summed E-state index contributed by atoms with van der Waals surface area (Å²) in [6.07, 6.45) is -3.91. The smallest absolute Gasteiger partial charge is 0.362 e. The van der Waals surface area contributed by atoms with Crippen LogP contribution < -0.4 is 10.6 Å². The first-order valence-electron chi connectivity index (χ1n) is 7.23. The fraction of sp³-hybridized carbons (Fsp3) is 0.235. The fourth-order valence-electron chi connectivity index (χ4n) is 2.11. The highest BCUT2D eigenvalue weighted by molar-refractivity contribution is 7.80. The number of halogens is 4. The van der Waals surface area contributed by atoms with Crippen molar-refractivity contribution >= 4 is 34.6 Å². The molecule has 24 heavy (non-hydrogen) atoms. The summed E-state index contributed by atoms with van der Waals surface area (Å²) in [6.45, 7) is 2.35. The molecule has 0 heterocycles. The molecule has 0 aliphatic carbocycles. The zero-order valence-electron chi connectivity index (χ0n) is 12.9. The molecule has 0 aliphatic rings. The van der Waals surface area contributed by atoms with E-state index >= 15 is 0 Å². The number of rotatable bonds is 4. The van der Waals surface area contributed by atoms with Crippen molar-refractivity contribution in [1.29, 1.82) is 0 Å². The van der Waals surface area contributed by atoms with Crippen LogP contribution in [-0.2, 0) is 12.6 Å². The topological polar surface area (TPSA) is 24.1 Å². The van der Waals surface area contributed by atoms with Crippen LogP contribution in [0.2, 0.25) is 5.02 Å². The average Bonchev–Trinajstić information content (AvgIpc) is 2.50. The zero-order valence-corrected chi connectivity index (χ0v) is 14.4. The van der Waals surface area contributed by atoms with Gasteiger partial charge in [0.1, 0.15) is 0 Å². The summed E-state index contributed by atoms with van der Waals surface area (Å²) in [5.41, 5.74) is 1.66. The van der Waals surface area contributed by atoms with Crippen LogP contribution in [-0.4, -0.2) is 11.7 Å². The van der Waals surface area contributed by atoms with Gasteiger partial charge in [0, 0.05) is 6.54 Å². The van der Waals surface area contributed by atoms with Crippen LogP contribution in [0.1, 0.15) is 16.7 Å². The van der Waals surface area contributed by atoms with Gasteiger partial charge in [-0.25, -0.2) is 0 Å². The first-order chi connectivity index (χ1) is 11.3. The number of benzene rings is 2. The summed E-state index contributed by atoms with van der Waals surface area (Å²) in [4.78, 5) is 0. The van der Waals surface area contributed by atoms with Crippen LogP contribution in [0.4, 0.5) is 18.9 Å². The summed E-state index contributed by atoms with van der Waals surface area (Å²) in [6, 6.07) is 10.8. The normalized spacial score (nSPS) is 11.2. The van der Waals surface area contributed by atoms with E-state index in [0.717, 1.165) is 17.7 Å². The van der Waals surface area contributed by atoms with Crippen molar-refractivity contribution in [2.75, 3.05) is 11.9 Å². The summed E-state index contributed by atoms with van der Waals surface area (Å²) < 4.78 is 38.0. The maximum Gasteiger partial charge on any atom is 0.416 e. The van der Waals surface area contributed by atoms with Crippen molar-refractivity contribution in [2.24, 2.45) is 0 Å². The van der Waals surface area contributed by atoms with Crippen molar-refractivity contribution in [1.82, 2.24) is 5.32 Å². The molecule has 0 amide bonds. The highest BCUT2D eigenvalue weighted by Crippen LogP contribution is 2.29. The number of nitrogens with one attached hydrogen (secondary N) is 2. The Kier molecular flexibility index (Phi) is 6.07. The Labute approximate surface area is 149 Å². The van der Waals surface area contributed by atoms with Gasteiger partial charge < -0.3 is 10.6 Å². The van der Waals surface area contributed by atoms with Crippen molar-refractivity contribution in [3.8, 4) is 0 Å². The quantitative estimate of drug-likeness (QED) is 0.721. The van der Waals surface area contributed by atoms with Crippen LogP contribution in [0, 0.1) is 6.92 Å². The fourth-order valence-corrected chi connectivity index (χ4v) is 2.61. The van der Waals surface area contributed by atoms with E-state index in [1.807, 2.05) is 25.1 Å². The molecule has 2 nitrogen and oxygen atoms in total. The van der Waals surface area contributed by atoms with E-state index in [-0.39, 0.29) is 0 Å². The lowest BCUT2D eigenvalue weighted by Gasteiger charge is -2.13. The summed E-state index contributed by atoms with van der Waals surface area (Å²) in [5, 5.41) is 6.85. The third-order valence-electron chi connectivity index (χ3n) is 3.33. The van der Waals surface area contributed by atoms with Gasteiger partial charge in [0.25, 0.3) is 0 Å². The van der Waals surface area contributed by atoms with Gasteiger partial charge in [0.05, 0.1) is 16.3 Å². The van der Waals surface area contributed by atoms with Gasteiger partial charge in [0.2, 0.25) is 0 Å². The molecule has 2 N–H and O–H groups in total. The first-order valence-corrected chi connectivity index (χ1v) is 8.01. The Morgan fingerprint density at radius 3 is 2.58 bits per heavy atom. The second-order valence-electron chi connectivity index (χ2n) is 5.31. The Balaban J connectivity index is 1.87. The molecular weight excluding hydrogens is 357 g/mol. The molecule has 2 aromatic carbocycles. The molecule has 0 unspecified atom stereocenters. The maximum absolute atomic E-state index is 12.7. The SMILES string of the molecule is Cc1ccc(NC(=S)NCCc2cccc(C(F)(F)F)c2)c(Cl)c1. The van der Waals surface area contributed by atoms with Gasteiger partial charge in [-0.05, 0) is 54.9 Å². The minimum atomic E-state index is -4.33. The predicted octanol–water partition coefficient (Wildman–Crippen LogP) is 5.20. The second kappa shape index (κ2) is 7.85. The van der Waals surface area contributed by atoms with E-state index in [1.54, 1.807) is 6.07 Å². The number of anilines is 1. The van der Waals surface area contributed by atoms with Crippen molar-refractivity contribution in [3.63, 3.8) is 0 Å². The van der Waals surface area contributed by atoms with Crippen molar-refractivity contribution in [2.45, 2.75) is 19.5 Å². The monoisotopic (exact) mass is 372 g/mol. The molecular formula is C17H16ClF3N2S. The molecule has 0 fully saturated rings. The van der Waals surface area contributed by atoms with Crippen molar-refractivity contribution in [3.05, 3.63) is 64.2 Å². The molecule has 0 radical (unpaired) electrons. The Morgan fingerprint density at radius 2 is 1.92 bits per heavy atom. The molecule has 128 valence electrons. The lowest BCUT2D eigenvalue weighted by molar-refractivity contribution is -0.137. The molecule has 0 bridgehead atoms. The lowest BCUT2D eigenvalue weighted by Crippen LogP contribution is -2.30. The maximum atomic E-state index is 12.7. The number of thiocarbonyl (C=S) groups is 1. The summed E-state index contributed by atoms with van der Waals surface area (Å²) in [5.74, 6) is 0. The van der Waals surface area contributed by atoms with Gasteiger partial charge in [-0.1, -0.05) is 35.9 Å². The van der Waals surface area contributed by atoms with E-state index in [2.05, 4.69) is 10.6 Å². The lowest BCUT2D eigenvalue weighted by atomic mass is 10.1. The molecule has 0 atom stereocenters. The van der Waals surface area contributed by atoms with Crippen LogP contribution in [0.15, 0.2) is 42.5 Å². The molecule has 0 aliphatic heterocycles. The minimum Gasteiger partial charge on any atom is -0.362 e. The van der Waals surface area contributed by atoms with E-state index < -0.39 is 11.7 Å². The van der Waals surface area contributed by atoms with Gasteiger partial charge in [0.15, 0.2) is 5.11 Å². The van der Waals surface area contributed by atoms with Crippen LogP contribution in [0.5, 0.6) is 0 Å². The third-order valence-corrected chi connectivity index (χ3v) is 3.89. The average molecular weight is 373 g/mol. The van der Waals surface area contributed by atoms with Crippen LogP contribution in [0.3, 0.4) is 0 Å². The van der Waals surface area contributed by atoms with E-state index in [9.17, 15) is 13.2 Å².